The molecule has 1 aromatic carbocycles. The molecular formula is C21H20N4O2. The molecule has 27 heavy (non-hydrogen) atoms. The van der Waals surface area contributed by atoms with Crippen LogP contribution in [0.3, 0.4) is 0 Å². The smallest absolute Gasteiger partial charge is 0.335 e. The largest absolute Gasteiger partial charge is 0.478 e. The first-order valence-corrected chi connectivity index (χ1v) is 8.89. The fourth-order valence-electron chi connectivity index (χ4n) is 3.23. The molecule has 1 aliphatic heterocycles. The van der Waals surface area contributed by atoms with Gasteiger partial charge in [0.2, 0.25) is 0 Å². The number of carboxylic acids is 1. The number of hydrogen-bond donors (Lipinski definition) is 1. The molecule has 0 spiro atoms. The number of rotatable bonds is 5. The maximum Gasteiger partial charge on any atom is 0.335 e. The number of carboxylic acid groups (broad SMARTS) is 1. The highest BCUT2D eigenvalue weighted by Crippen LogP contribution is 2.23. The van der Waals surface area contributed by atoms with Gasteiger partial charge in [-0.1, -0.05) is 24.3 Å². The molecule has 0 saturated carbocycles. The minimum atomic E-state index is -0.890. The van der Waals surface area contributed by atoms with Crippen molar-refractivity contribution in [2.75, 3.05) is 13.1 Å². The molecule has 6 heteroatoms. The van der Waals surface area contributed by atoms with Crippen molar-refractivity contribution >= 4 is 11.5 Å². The third kappa shape index (κ3) is 3.96. The van der Waals surface area contributed by atoms with Crippen molar-refractivity contribution < 1.29 is 9.90 Å². The van der Waals surface area contributed by atoms with Gasteiger partial charge < -0.3 is 5.11 Å². The standard InChI is InChI=1S/C21H20N4O2/c26-21(27)18-6-4-16(5-7-18)14-24-11-8-17(9-12-24)19-13-23-25(15-19)20-3-1-2-10-22-20/h1-8,10,13,15H,9,11-12,14H2,(H,26,27). The van der Waals surface area contributed by atoms with E-state index in [1.807, 2.05) is 42.7 Å². The van der Waals surface area contributed by atoms with Gasteiger partial charge in [0, 0.05) is 37.6 Å². The maximum absolute atomic E-state index is 10.9. The summed E-state index contributed by atoms with van der Waals surface area (Å²) in [6.07, 6.45) is 8.88. The predicted octanol–water partition coefficient (Wildman–Crippen LogP) is 3.25. The highest BCUT2D eigenvalue weighted by Gasteiger charge is 2.15. The fourth-order valence-corrected chi connectivity index (χ4v) is 3.23. The molecule has 0 atom stereocenters. The number of aromatic nitrogens is 3. The van der Waals surface area contributed by atoms with Gasteiger partial charge in [-0.15, -0.1) is 0 Å². The minimum absolute atomic E-state index is 0.324. The van der Waals surface area contributed by atoms with E-state index < -0.39 is 5.97 Å². The summed E-state index contributed by atoms with van der Waals surface area (Å²) in [7, 11) is 0. The van der Waals surface area contributed by atoms with Crippen LogP contribution in [0.4, 0.5) is 0 Å². The van der Waals surface area contributed by atoms with Gasteiger partial charge in [-0.3, -0.25) is 4.90 Å². The molecule has 136 valence electrons. The highest BCUT2D eigenvalue weighted by molar-refractivity contribution is 5.87. The Morgan fingerprint density at radius 1 is 1.15 bits per heavy atom. The molecule has 0 amide bonds. The molecule has 3 aromatic rings. The van der Waals surface area contributed by atoms with E-state index in [1.165, 1.54) is 5.57 Å². The van der Waals surface area contributed by atoms with Crippen LogP contribution in [0.15, 0.2) is 67.1 Å². The third-order valence-electron chi connectivity index (χ3n) is 4.74. The van der Waals surface area contributed by atoms with E-state index >= 15 is 0 Å². The lowest BCUT2D eigenvalue weighted by Crippen LogP contribution is -2.28. The summed E-state index contributed by atoms with van der Waals surface area (Å²) in [5.41, 5.74) is 3.88. The van der Waals surface area contributed by atoms with E-state index in [-0.39, 0.29) is 0 Å². The van der Waals surface area contributed by atoms with E-state index in [1.54, 1.807) is 23.0 Å². The van der Waals surface area contributed by atoms with Crippen molar-refractivity contribution in [1.82, 2.24) is 19.7 Å². The molecule has 2 aromatic heterocycles. The van der Waals surface area contributed by atoms with Crippen LogP contribution in [0.1, 0.15) is 27.9 Å². The Bertz CT molecular complexity index is 961. The quantitative estimate of drug-likeness (QED) is 0.756. The van der Waals surface area contributed by atoms with Crippen molar-refractivity contribution in [3.05, 3.63) is 83.8 Å². The Morgan fingerprint density at radius 3 is 2.67 bits per heavy atom. The van der Waals surface area contributed by atoms with Gasteiger partial charge in [-0.25, -0.2) is 14.5 Å². The van der Waals surface area contributed by atoms with Crippen LogP contribution >= 0.6 is 0 Å². The van der Waals surface area contributed by atoms with Crippen molar-refractivity contribution in [2.24, 2.45) is 0 Å². The third-order valence-corrected chi connectivity index (χ3v) is 4.74. The van der Waals surface area contributed by atoms with Gasteiger partial charge >= 0.3 is 5.97 Å². The molecule has 3 heterocycles. The number of hydrogen-bond acceptors (Lipinski definition) is 4. The Hall–Kier alpha value is -3.25. The number of aromatic carboxylic acids is 1. The summed E-state index contributed by atoms with van der Waals surface area (Å²) < 4.78 is 1.80. The average molecular weight is 360 g/mol. The molecule has 0 saturated heterocycles. The molecule has 4 rings (SSSR count). The molecule has 0 fully saturated rings. The SMILES string of the molecule is O=C(O)c1ccc(CN2CC=C(c3cnn(-c4ccccn4)c3)CC2)cc1. The second-order valence-electron chi connectivity index (χ2n) is 6.58. The second-order valence-corrected chi connectivity index (χ2v) is 6.58. The van der Waals surface area contributed by atoms with Crippen LogP contribution in [0.5, 0.6) is 0 Å². The van der Waals surface area contributed by atoms with Crippen LogP contribution in [0, 0.1) is 0 Å². The van der Waals surface area contributed by atoms with E-state index in [0.717, 1.165) is 43.0 Å². The molecule has 0 bridgehead atoms. The Kier molecular flexibility index (Phi) is 4.80. The number of benzene rings is 1. The molecule has 0 radical (unpaired) electrons. The summed E-state index contributed by atoms with van der Waals surface area (Å²) in [6, 6.07) is 12.9. The van der Waals surface area contributed by atoms with E-state index in [0.29, 0.717) is 5.56 Å². The molecule has 0 aliphatic carbocycles. The van der Waals surface area contributed by atoms with E-state index in [4.69, 9.17) is 5.11 Å². The Morgan fingerprint density at radius 2 is 2.00 bits per heavy atom. The number of carbonyl (C=O) groups is 1. The zero-order valence-corrected chi connectivity index (χ0v) is 14.8. The summed E-state index contributed by atoms with van der Waals surface area (Å²) in [5.74, 6) is -0.0788. The molecular weight excluding hydrogens is 340 g/mol. The zero-order valence-electron chi connectivity index (χ0n) is 14.8. The van der Waals surface area contributed by atoms with Gasteiger partial charge in [0.15, 0.2) is 5.82 Å². The first-order chi connectivity index (χ1) is 13.2. The molecule has 6 nitrogen and oxygen atoms in total. The van der Waals surface area contributed by atoms with Gasteiger partial charge in [-0.05, 0) is 41.8 Å². The summed E-state index contributed by atoms with van der Waals surface area (Å²) in [6.45, 7) is 2.64. The number of pyridine rings is 1. The van der Waals surface area contributed by atoms with Gasteiger partial charge in [-0.2, -0.15) is 5.10 Å². The highest BCUT2D eigenvalue weighted by atomic mass is 16.4. The zero-order chi connectivity index (χ0) is 18.6. The van der Waals surface area contributed by atoms with Crippen molar-refractivity contribution in [2.45, 2.75) is 13.0 Å². The number of nitrogens with zero attached hydrogens (tertiary/aromatic N) is 4. The normalized spacial score (nSPS) is 14.7. The maximum atomic E-state index is 10.9. The molecule has 1 N–H and O–H groups in total. The van der Waals surface area contributed by atoms with Crippen molar-refractivity contribution in [1.29, 1.82) is 0 Å². The second kappa shape index (κ2) is 7.55. The van der Waals surface area contributed by atoms with Crippen LogP contribution in [0.2, 0.25) is 0 Å². The first kappa shape index (κ1) is 17.2. The van der Waals surface area contributed by atoms with Gasteiger partial charge in [0.05, 0.1) is 11.8 Å². The monoisotopic (exact) mass is 360 g/mol. The Labute approximate surface area is 157 Å². The lowest BCUT2D eigenvalue weighted by atomic mass is 10.0. The average Bonchev–Trinajstić information content (AvgIpc) is 3.20. The van der Waals surface area contributed by atoms with Crippen LogP contribution in [-0.2, 0) is 6.54 Å². The summed E-state index contributed by atoms with van der Waals surface area (Å²) in [5, 5.41) is 13.4. The lowest BCUT2D eigenvalue weighted by molar-refractivity contribution is 0.0697. The topological polar surface area (TPSA) is 71.2 Å². The molecule has 0 unspecified atom stereocenters. The van der Waals surface area contributed by atoms with Crippen molar-refractivity contribution in [3.8, 4) is 5.82 Å². The minimum Gasteiger partial charge on any atom is -0.478 e. The molecule has 1 aliphatic rings. The van der Waals surface area contributed by atoms with Crippen LogP contribution in [0.25, 0.3) is 11.4 Å². The van der Waals surface area contributed by atoms with E-state index in [2.05, 4.69) is 21.1 Å². The van der Waals surface area contributed by atoms with Crippen LogP contribution < -0.4 is 0 Å². The van der Waals surface area contributed by atoms with E-state index in [9.17, 15) is 4.79 Å². The summed E-state index contributed by atoms with van der Waals surface area (Å²) >= 11 is 0. The first-order valence-electron chi connectivity index (χ1n) is 8.89. The van der Waals surface area contributed by atoms with Crippen LogP contribution in [-0.4, -0.2) is 43.8 Å². The lowest BCUT2D eigenvalue weighted by Gasteiger charge is -2.26. The predicted molar refractivity (Wildman–Crippen MR) is 103 cm³/mol. The fraction of sp³-hybridized carbons (Fsp3) is 0.190. The van der Waals surface area contributed by atoms with Gasteiger partial charge in [0.25, 0.3) is 0 Å². The Balaban J connectivity index is 1.40. The van der Waals surface area contributed by atoms with Crippen molar-refractivity contribution in [3.63, 3.8) is 0 Å². The van der Waals surface area contributed by atoms with Gasteiger partial charge in [0.1, 0.15) is 0 Å². The summed E-state index contributed by atoms with van der Waals surface area (Å²) in [4.78, 5) is 17.6.